The Labute approximate surface area is 351 Å². The number of H-pyrrole nitrogens is 1. The van der Waals surface area contributed by atoms with E-state index in [2.05, 4.69) is 20.9 Å². The Bertz CT molecular complexity index is 2690. The first-order valence-electron chi connectivity index (χ1n) is 18.6. The molecule has 5 N–H and O–H groups in total. The van der Waals surface area contributed by atoms with Crippen molar-refractivity contribution in [2.75, 3.05) is 50.9 Å². The largest absolute Gasteiger partial charge is 0.501 e. The summed E-state index contributed by atoms with van der Waals surface area (Å²) in [5.74, 6) is -0.885. The lowest BCUT2D eigenvalue weighted by molar-refractivity contribution is -0.0435. The number of fused-ring (bicyclic) bond motifs is 1. The van der Waals surface area contributed by atoms with Gasteiger partial charge in [0, 0.05) is 60.1 Å². The minimum atomic E-state index is -6.01. The molecule has 316 valence electrons. The molecule has 0 atom stereocenters. The number of hydrogen-bond acceptors (Lipinski definition) is 10. The average Bonchev–Trinajstić information content (AvgIpc) is 3.67. The summed E-state index contributed by atoms with van der Waals surface area (Å²) >= 11 is 6.08. The van der Waals surface area contributed by atoms with Crippen molar-refractivity contribution in [3.05, 3.63) is 132 Å². The number of benzene rings is 5. The number of halogens is 4. The zero-order chi connectivity index (χ0) is 43.1. The summed E-state index contributed by atoms with van der Waals surface area (Å²) in [4.78, 5) is 16.5. The molecule has 0 spiro atoms. The minimum Gasteiger partial charge on any atom is -0.456 e. The number of sulfone groups is 1. The molecule has 0 saturated heterocycles. The predicted octanol–water partition coefficient (Wildman–Crippen LogP) is 8.26. The molecule has 0 fully saturated rings. The van der Waals surface area contributed by atoms with Crippen molar-refractivity contribution in [3.63, 3.8) is 0 Å². The summed E-state index contributed by atoms with van der Waals surface area (Å²) in [6.07, 6.45) is 2.19. The number of carbonyl (C=O) groups is 1. The molecule has 0 bridgehead atoms. The Morgan fingerprint density at radius 3 is 2.35 bits per heavy atom. The van der Waals surface area contributed by atoms with Crippen molar-refractivity contribution in [3.8, 4) is 22.6 Å². The van der Waals surface area contributed by atoms with Gasteiger partial charge in [0.15, 0.2) is 0 Å². The first kappa shape index (κ1) is 44.0. The quantitative estimate of drug-likeness (QED) is 0.0532. The number of hydrogen-bond donors (Lipinski definition) is 5. The minimum absolute atomic E-state index is 0.0370. The van der Waals surface area contributed by atoms with Crippen LogP contribution in [0.4, 0.5) is 24.5 Å². The summed E-state index contributed by atoms with van der Waals surface area (Å²) in [6.45, 7) is 2.20. The lowest BCUT2D eigenvalue weighted by atomic mass is 10.00. The van der Waals surface area contributed by atoms with Crippen LogP contribution in [0.1, 0.15) is 22.3 Å². The third kappa shape index (κ3) is 10.8. The molecule has 0 saturated carbocycles. The van der Waals surface area contributed by atoms with Crippen LogP contribution in [0.25, 0.3) is 22.0 Å². The second-order valence-corrected chi connectivity index (χ2v) is 18.0. The van der Waals surface area contributed by atoms with E-state index in [1.165, 1.54) is 12.1 Å². The highest BCUT2D eigenvalue weighted by atomic mass is 35.5. The summed E-state index contributed by atoms with van der Waals surface area (Å²) in [6, 6.07) is 29.2. The van der Waals surface area contributed by atoms with Crippen LogP contribution >= 0.6 is 11.6 Å². The highest BCUT2D eigenvalue weighted by Gasteiger charge is 2.48. The van der Waals surface area contributed by atoms with Crippen LogP contribution in [0.5, 0.6) is 11.5 Å². The van der Waals surface area contributed by atoms with Gasteiger partial charge < -0.3 is 30.6 Å². The Balaban J connectivity index is 1.20. The maximum atomic E-state index is 13.8. The lowest BCUT2D eigenvalue weighted by Crippen LogP contribution is -2.31. The fourth-order valence-corrected chi connectivity index (χ4v) is 8.40. The fourth-order valence-electron chi connectivity index (χ4n) is 6.25. The molecule has 0 aliphatic rings. The number of anilines is 2. The summed E-state index contributed by atoms with van der Waals surface area (Å²) in [5.41, 5.74) is -1.85. The van der Waals surface area contributed by atoms with Gasteiger partial charge in [0.25, 0.3) is 25.8 Å². The van der Waals surface area contributed by atoms with Crippen molar-refractivity contribution in [1.29, 1.82) is 0 Å². The molecule has 18 heteroatoms. The van der Waals surface area contributed by atoms with Crippen LogP contribution in [-0.4, -0.2) is 78.4 Å². The molecule has 60 heavy (non-hydrogen) atoms. The van der Waals surface area contributed by atoms with Crippen molar-refractivity contribution in [2.24, 2.45) is 0 Å². The van der Waals surface area contributed by atoms with E-state index < -0.39 is 46.8 Å². The van der Waals surface area contributed by atoms with Gasteiger partial charge in [0.05, 0.1) is 16.1 Å². The van der Waals surface area contributed by atoms with Crippen LogP contribution in [0, 0.1) is 0 Å². The lowest BCUT2D eigenvalue weighted by Gasteiger charge is -2.17. The van der Waals surface area contributed by atoms with E-state index in [4.69, 9.17) is 16.3 Å². The average molecular weight is 883 g/mol. The second kappa shape index (κ2) is 18.8. The number of ether oxygens (including phenoxy) is 1. The van der Waals surface area contributed by atoms with E-state index in [0.717, 1.165) is 39.7 Å². The molecular weight excluding hydrogens is 841 g/mol. The predicted molar refractivity (Wildman–Crippen MR) is 228 cm³/mol. The Kier molecular flexibility index (Phi) is 13.8. The summed E-state index contributed by atoms with van der Waals surface area (Å²) in [5, 5.41) is 10.8. The second-order valence-electron chi connectivity index (χ2n) is 13.9. The molecule has 6 rings (SSSR count). The standard InChI is InChI=1S/C42H42ClF3N6O6S2/c1-52(2)23-5-19-49-38-17-14-34(26-40(38)59(54,55)42(44,45)46)60(56,57)51-41(53)36-15-12-32(25-39(36)58-33-13-16-37-29(24-33)18-20-50-37)48-22-21-47-27-30-6-3-4-7-35(30)28-8-10-31(43)11-9-28/h3-4,6-18,20,24-26,47-50H,5,19,21-23,27H2,1-2H3,(H,51,53). The number of rotatable bonds is 18. The number of nitrogens with one attached hydrogen (secondary N) is 5. The van der Waals surface area contributed by atoms with Gasteiger partial charge in [-0.2, -0.15) is 13.2 Å². The maximum Gasteiger partial charge on any atom is 0.501 e. The van der Waals surface area contributed by atoms with Gasteiger partial charge >= 0.3 is 5.51 Å². The van der Waals surface area contributed by atoms with E-state index in [-0.39, 0.29) is 17.9 Å². The fraction of sp³-hybridized carbons (Fsp3) is 0.214. The smallest absolute Gasteiger partial charge is 0.456 e. The van der Waals surface area contributed by atoms with Crippen LogP contribution in [0.15, 0.2) is 125 Å². The van der Waals surface area contributed by atoms with E-state index >= 15 is 0 Å². The van der Waals surface area contributed by atoms with Crippen molar-refractivity contribution < 1.29 is 39.5 Å². The number of carbonyl (C=O) groups excluding carboxylic acids is 1. The van der Waals surface area contributed by atoms with Crippen LogP contribution in [-0.2, 0) is 26.4 Å². The van der Waals surface area contributed by atoms with E-state index in [1.807, 2.05) is 64.2 Å². The molecule has 0 aliphatic heterocycles. The number of aromatic amines is 1. The molecule has 1 heterocycles. The number of aromatic nitrogens is 1. The Morgan fingerprint density at radius 2 is 1.60 bits per heavy atom. The zero-order valence-corrected chi connectivity index (χ0v) is 34.8. The number of nitrogens with zero attached hydrogens (tertiary/aromatic N) is 1. The molecule has 1 aromatic heterocycles. The first-order valence-corrected chi connectivity index (χ1v) is 21.9. The van der Waals surface area contributed by atoms with Crippen molar-refractivity contribution in [2.45, 2.75) is 28.3 Å². The SMILES string of the molecule is CN(C)CCCNc1ccc(S(=O)(=O)NC(=O)c2ccc(NCCNCc3ccccc3-c3ccc(Cl)cc3)cc2Oc2ccc3[nH]ccc3c2)cc1S(=O)(=O)C(F)(F)F. The molecule has 1 amide bonds. The number of sulfonamides is 1. The third-order valence-corrected chi connectivity index (χ3v) is 12.4. The maximum absolute atomic E-state index is 13.8. The van der Waals surface area contributed by atoms with Gasteiger partial charge in [-0.15, -0.1) is 0 Å². The van der Waals surface area contributed by atoms with Crippen LogP contribution in [0.3, 0.4) is 0 Å². The van der Waals surface area contributed by atoms with Gasteiger partial charge in [-0.1, -0.05) is 48.0 Å². The van der Waals surface area contributed by atoms with E-state index in [0.29, 0.717) is 55.1 Å². The van der Waals surface area contributed by atoms with Gasteiger partial charge in [0.1, 0.15) is 16.4 Å². The van der Waals surface area contributed by atoms with Gasteiger partial charge in [-0.3, -0.25) is 4.79 Å². The Morgan fingerprint density at radius 1 is 0.833 bits per heavy atom. The molecule has 0 unspecified atom stereocenters. The van der Waals surface area contributed by atoms with Crippen molar-refractivity contribution in [1.82, 2.24) is 19.9 Å². The van der Waals surface area contributed by atoms with Crippen LogP contribution in [0.2, 0.25) is 5.02 Å². The summed E-state index contributed by atoms with van der Waals surface area (Å²) in [7, 11) is -7.35. The van der Waals surface area contributed by atoms with E-state index in [9.17, 15) is 34.8 Å². The van der Waals surface area contributed by atoms with Gasteiger partial charge in [-0.05, 0) is 110 Å². The number of amides is 1. The molecule has 0 radical (unpaired) electrons. The summed E-state index contributed by atoms with van der Waals surface area (Å²) < 4.78 is 102. The molecule has 5 aromatic carbocycles. The Hall–Kier alpha value is -5.59. The van der Waals surface area contributed by atoms with Gasteiger partial charge in [0.2, 0.25) is 0 Å². The first-order chi connectivity index (χ1) is 28.5. The molecule has 12 nitrogen and oxygen atoms in total. The molecule has 0 aliphatic carbocycles. The topological polar surface area (TPSA) is 162 Å². The molecular formula is C42H42ClF3N6O6S2. The zero-order valence-electron chi connectivity index (χ0n) is 32.4. The van der Waals surface area contributed by atoms with E-state index in [1.54, 1.807) is 44.6 Å². The van der Waals surface area contributed by atoms with Gasteiger partial charge in [-0.25, -0.2) is 21.6 Å². The van der Waals surface area contributed by atoms with Crippen molar-refractivity contribution >= 4 is 59.6 Å². The number of alkyl halides is 3. The monoisotopic (exact) mass is 882 g/mol. The molecule has 6 aromatic rings. The highest BCUT2D eigenvalue weighted by molar-refractivity contribution is 7.92. The normalized spacial score (nSPS) is 12.1. The van der Waals surface area contributed by atoms with Crippen LogP contribution < -0.4 is 25.4 Å². The highest BCUT2D eigenvalue weighted by Crippen LogP contribution is 2.36. The third-order valence-electron chi connectivity index (χ3n) is 9.28.